The van der Waals surface area contributed by atoms with E-state index in [9.17, 15) is 9.59 Å². The molecule has 1 aromatic heterocycles. The second-order valence-electron chi connectivity index (χ2n) is 3.86. The van der Waals surface area contributed by atoms with Gasteiger partial charge in [0.25, 0.3) is 0 Å². The van der Waals surface area contributed by atoms with Crippen molar-refractivity contribution in [3.8, 4) is 0 Å². The molecule has 7 nitrogen and oxygen atoms in total. The predicted molar refractivity (Wildman–Crippen MR) is 51.3 cm³/mol. The van der Waals surface area contributed by atoms with Gasteiger partial charge in [0.2, 0.25) is 0 Å². The van der Waals surface area contributed by atoms with Crippen molar-refractivity contribution in [1.82, 2.24) is 15.0 Å². The van der Waals surface area contributed by atoms with Crippen LogP contribution in [0, 0.1) is 0 Å². The summed E-state index contributed by atoms with van der Waals surface area (Å²) in [6, 6.07) is -0.892. The number of rotatable bonds is 4. The SMILES string of the molecule is CC(C(=O)O)n1nnc(C(=O)O)c1C1CC1. The summed E-state index contributed by atoms with van der Waals surface area (Å²) in [5, 5.41) is 24.9. The summed E-state index contributed by atoms with van der Waals surface area (Å²) >= 11 is 0. The molecule has 2 rings (SSSR count). The Morgan fingerprint density at radius 1 is 1.44 bits per heavy atom. The second-order valence-corrected chi connectivity index (χ2v) is 3.86. The highest BCUT2D eigenvalue weighted by Crippen LogP contribution is 2.41. The highest BCUT2D eigenvalue weighted by atomic mass is 16.4. The van der Waals surface area contributed by atoms with Gasteiger partial charge in [-0.05, 0) is 19.8 Å². The molecule has 16 heavy (non-hydrogen) atoms. The summed E-state index contributed by atoms with van der Waals surface area (Å²) in [4.78, 5) is 21.7. The number of aromatic nitrogens is 3. The molecule has 1 aliphatic carbocycles. The molecule has 0 bridgehead atoms. The van der Waals surface area contributed by atoms with Gasteiger partial charge in [0.05, 0.1) is 5.69 Å². The van der Waals surface area contributed by atoms with Crippen LogP contribution in [0.25, 0.3) is 0 Å². The van der Waals surface area contributed by atoms with Crippen LogP contribution in [0.15, 0.2) is 0 Å². The first-order valence-electron chi connectivity index (χ1n) is 4.93. The lowest BCUT2D eigenvalue weighted by Crippen LogP contribution is -2.19. The van der Waals surface area contributed by atoms with Crippen LogP contribution < -0.4 is 0 Å². The van der Waals surface area contributed by atoms with Crippen LogP contribution in [0.4, 0.5) is 0 Å². The predicted octanol–water partition coefficient (Wildman–Crippen LogP) is 0.499. The standard InChI is InChI=1S/C9H11N3O4/c1-4(8(13)14)12-7(5-2-3-5)6(9(15)16)10-11-12/h4-5H,2-3H2,1H3,(H,13,14)(H,15,16). The quantitative estimate of drug-likeness (QED) is 0.772. The van der Waals surface area contributed by atoms with Crippen molar-refractivity contribution < 1.29 is 19.8 Å². The van der Waals surface area contributed by atoms with E-state index >= 15 is 0 Å². The van der Waals surface area contributed by atoms with Gasteiger partial charge in [-0.2, -0.15) is 0 Å². The summed E-state index contributed by atoms with van der Waals surface area (Å²) in [7, 11) is 0. The highest BCUT2D eigenvalue weighted by molar-refractivity contribution is 5.87. The van der Waals surface area contributed by atoms with Gasteiger partial charge >= 0.3 is 11.9 Å². The van der Waals surface area contributed by atoms with Gasteiger partial charge in [-0.25, -0.2) is 14.3 Å². The van der Waals surface area contributed by atoms with Gasteiger partial charge < -0.3 is 10.2 Å². The largest absolute Gasteiger partial charge is 0.480 e. The van der Waals surface area contributed by atoms with Crippen molar-refractivity contribution in [3.05, 3.63) is 11.4 Å². The van der Waals surface area contributed by atoms with Crippen molar-refractivity contribution in [2.45, 2.75) is 31.7 Å². The van der Waals surface area contributed by atoms with E-state index in [0.29, 0.717) is 5.69 Å². The maximum atomic E-state index is 10.9. The van der Waals surface area contributed by atoms with E-state index in [1.165, 1.54) is 11.6 Å². The van der Waals surface area contributed by atoms with E-state index in [2.05, 4.69) is 10.3 Å². The Morgan fingerprint density at radius 3 is 2.50 bits per heavy atom. The zero-order chi connectivity index (χ0) is 11.9. The van der Waals surface area contributed by atoms with Gasteiger partial charge in [-0.1, -0.05) is 5.21 Å². The van der Waals surface area contributed by atoms with E-state index in [1.54, 1.807) is 0 Å². The van der Waals surface area contributed by atoms with Gasteiger partial charge in [-0.15, -0.1) is 5.10 Å². The lowest BCUT2D eigenvalue weighted by atomic mass is 10.2. The number of carboxylic acids is 2. The fourth-order valence-corrected chi connectivity index (χ4v) is 1.58. The van der Waals surface area contributed by atoms with Gasteiger partial charge in [-0.3, -0.25) is 0 Å². The zero-order valence-electron chi connectivity index (χ0n) is 8.62. The molecule has 0 aromatic carbocycles. The first kappa shape index (κ1) is 10.6. The number of hydrogen-bond donors (Lipinski definition) is 2. The number of carboxylic acid groups (broad SMARTS) is 2. The average molecular weight is 225 g/mol. The van der Waals surface area contributed by atoms with E-state index in [-0.39, 0.29) is 11.6 Å². The maximum absolute atomic E-state index is 10.9. The molecule has 86 valence electrons. The number of nitrogens with zero attached hydrogens (tertiary/aromatic N) is 3. The molecule has 1 saturated carbocycles. The molecule has 1 fully saturated rings. The van der Waals surface area contributed by atoms with Crippen LogP contribution in [0.3, 0.4) is 0 Å². The summed E-state index contributed by atoms with van der Waals surface area (Å²) in [5.74, 6) is -2.13. The Bertz CT molecular complexity index is 450. The van der Waals surface area contributed by atoms with Crippen LogP contribution >= 0.6 is 0 Å². The molecular weight excluding hydrogens is 214 g/mol. The molecule has 7 heteroatoms. The van der Waals surface area contributed by atoms with E-state index in [4.69, 9.17) is 10.2 Å². The molecule has 1 aliphatic rings. The molecular formula is C9H11N3O4. The van der Waals surface area contributed by atoms with Gasteiger partial charge in [0, 0.05) is 5.92 Å². The molecule has 0 amide bonds. The molecule has 0 spiro atoms. The summed E-state index contributed by atoms with van der Waals surface area (Å²) in [6.45, 7) is 1.45. The Hall–Kier alpha value is -1.92. The molecule has 1 heterocycles. The van der Waals surface area contributed by atoms with Crippen molar-refractivity contribution in [1.29, 1.82) is 0 Å². The third-order valence-corrected chi connectivity index (χ3v) is 2.62. The summed E-state index contributed by atoms with van der Waals surface area (Å²) in [6.07, 6.45) is 1.72. The van der Waals surface area contributed by atoms with Crippen LogP contribution in [0.2, 0.25) is 0 Å². The second kappa shape index (κ2) is 3.58. The van der Waals surface area contributed by atoms with Crippen LogP contribution in [-0.2, 0) is 4.79 Å². The molecule has 0 saturated heterocycles. The number of hydrogen-bond acceptors (Lipinski definition) is 4. The number of aromatic carboxylic acids is 1. The van der Waals surface area contributed by atoms with E-state index in [1.807, 2.05) is 0 Å². The van der Waals surface area contributed by atoms with Crippen molar-refractivity contribution in [3.63, 3.8) is 0 Å². The fourth-order valence-electron chi connectivity index (χ4n) is 1.58. The van der Waals surface area contributed by atoms with Crippen LogP contribution in [0.5, 0.6) is 0 Å². The highest BCUT2D eigenvalue weighted by Gasteiger charge is 2.35. The van der Waals surface area contributed by atoms with Crippen LogP contribution in [-0.4, -0.2) is 37.1 Å². The molecule has 1 atom stereocenters. The Balaban J connectivity index is 2.45. The molecule has 1 aromatic rings. The van der Waals surface area contributed by atoms with Crippen LogP contribution in [0.1, 0.15) is 47.9 Å². The first-order chi connectivity index (χ1) is 7.52. The van der Waals surface area contributed by atoms with Gasteiger partial charge in [0.1, 0.15) is 6.04 Å². The third kappa shape index (κ3) is 1.64. The Kier molecular flexibility index (Phi) is 2.37. The number of aliphatic carboxylic acids is 1. The summed E-state index contributed by atoms with van der Waals surface area (Å²) < 4.78 is 1.20. The fraction of sp³-hybridized carbons (Fsp3) is 0.556. The normalized spacial score (nSPS) is 17.1. The average Bonchev–Trinajstić information content (AvgIpc) is 2.95. The molecule has 1 unspecified atom stereocenters. The number of carbonyl (C=O) groups is 2. The minimum Gasteiger partial charge on any atom is -0.480 e. The third-order valence-electron chi connectivity index (χ3n) is 2.62. The smallest absolute Gasteiger partial charge is 0.358 e. The summed E-state index contributed by atoms with van der Waals surface area (Å²) in [5.41, 5.74) is 0.304. The van der Waals surface area contributed by atoms with E-state index in [0.717, 1.165) is 12.8 Å². The Labute approximate surface area is 90.7 Å². The minimum atomic E-state index is -1.16. The lowest BCUT2D eigenvalue weighted by Gasteiger charge is -2.09. The molecule has 0 aliphatic heterocycles. The topological polar surface area (TPSA) is 105 Å². The van der Waals surface area contributed by atoms with Crippen molar-refractivity contribution >= 4 is 11.9 Å². The molecule has 0 radical (unpaired) electrons. The molecule has 2 N–H and O–H groups in total. The lowest BCUT2D eigenvalue weighted by molar-refractivity contribution is -0.140. The van der Waals surface area contributed by atoms with Gasteiger partial charge in [0.15, 0.2) is 5.69 Å². The van der Waals surface area contributed by atoms with E-state index < -0.39 is 18.0 Å². The zero-order valence-corrected chi connectivity index (χ0v) is 8.62. The minimum absolute atomic E-state index is 0.0860. The Morgan fingerprint density at radius 2 is 2.06 bits per heavy atom. The van der Waals surface area contributed by atoms with Crippen molar-refractivity contribution in [2.24, 2.45) is 0 Å². The maximum Gasteiger partial charge on any atom is 0.358 e. The van der Waals surface area contributed by atoms with Crippen molar-refractivity contribution in [2.75, 3.05) is 0 Å². The monoisotopic (exact) mass is 225 g/mol. The first-order valence-corrected chi connectivity index (χ1v) is 4.93.